The van der Waals surface area contributed by atoms with Crippen LogP contribution in [0, 0.1) is 5.92 Å². The van der Waals surface area contributed by atoms with Crippen molar-refractivity contribution in [3.8, 4) is 0 Å². The fraction of sp³-hybridized carbons (Fsp3) is 1.00. The summed E-state index contributed by atoms with van der Waals surface area (Å²) >= 11 is 0. The van der Waals surface area contributed by atoms with Crippen LogP contribution in [0.2, 0.25) is 0 Å². The van der Waals surface area contributed by atoms with Gasteiger partial charge in [-0.15, -0.1) is 0 Å². The summed E-state index contributed by atoms with van der Waals surface area (Å²) in [7, 11) is 0. The largest absolute Gasteiger partial charge is 0.372 e. The van der Waals surface area contributed by atoms with Gasteiger partial charge in [-0.25, -0.2) is 0 Å². The number of ether oxygens (including phenoxy) is 1. The molecule has 2 N–H and O–H groups in total. The summed E-state index contributed by atoms with van der Waals surface area (Å²) in [5, 5.41) is 0. The van der Waals surface area contributed by atoms with Gasteiger partial charge in [-0.05, 0) is 57.9 Å². The number of hydrogen-bond acceptors (Lipinski definition) is 2. The lowest BCUT2D eigenvalue weighted by molar-refractivity contribution is -0.164. The normalized spacial score (nSPS) is 39.4. The van der Waals surface area contributed by atoms with Crippen LogP contribution in [-0.2, 0) is 4.74 Å². The van der Waals surface area contributed by atoms with Crippen LogP contribution in [0.15, 0.2) is 0 Å². The highest BCUT2D eigenvalue weighted by atomic mass is 16.5. The lowest BCUT2D eigenvalue weighted by Crippen LogP contribution is -2.47. The molecule has 2 unspecified atom stereocenters. The molecule has 2 atom stereocenters. The van der Waals surface area contributed by atoms with Crippen LogP contribution in [0.5, 0.6) is 0 Å². The third-order valence-corrected chi connectivity index (χ3v) is 4.09. The minimum Gasteiger partial charge on any atom is -0.372 e. The van der Waals surface area contributed by atoms with Crippen LogP contribution in [0.4, 0.5) is 0 Å². The first-order valence-corrected chi connectivity index (χ1v) is 6.12. The maximum absolute atomic E-state index is 6.24. The van der Waals surface area contributed by atoms with Crippen LogP contribution >= 0.6 is 0 Å². The number of nitrogens with two attached hydrogens (primary N) is 1. The second-order valence-corrected chi connectivity index (χ2v) is 5.15. The van der Waals surface area contributed by atoms with E-state index in [1.54, 1.807) is 0 Å². The molecule has 0 radical (unpaired) electrons. The quantitative estimate of drug-likeness (QED) is 0.754. The molecule has 0 aromatic rings. The van der Waals surface area contributed by atoms with Gasteiger partial charge in [0.1, 0.15) is 0 Å². The van der Waals surface area contributed by atoms with Crippen LogP contribution in [0.25, 0.3) is 0 Å². The van der Waals surface area contributed by atoms with Gasteiger partial charge in [0, 0.05) is 0 Å². The zero-order chi connectivity index (χ0) is 10.0. The average molecular weight is 197 g/mol. The zero-order valence-corrected chi connectivity index (χ0v) is 9.30. The first-order valence-electron chi connectivity index (χ1n) is 6.12. The predicted octanol–water partition coefficient (Wildman–Crippen LogP) is 2.46. The van der Waals surface area contributed by atoms with Gasteiger partial charge in [0.05, 0.1) is 11.7 Å². The standard InChI is InChI=1S/C12H23NO/c1-12(10-4-2-5-10)8-3-6-11(14-12)7-9-13/h10-11H,2-9,13H2,1H3. The van der Waals surface area contributed by atoms with Gasteiger partial charge in [-0.3, -0.25) is 0 Å². The van der Waals surface area contributed by atoms with Crippen molar-refractivity contribution in [2.45, 2.75) is 63.6 Å². The summed E-state index contributed by atoms with van der Waals surface area (Å²) in [4.78, 5) is 0. The van der Waals surface area contributed by atoms with Crippen LogP contribution in [-0.4, -0.2) is 18.2 Å². The van der Waals surface area contributed by atoms with Crippen LogP contribution in [0.1, 0.15) is 51.9 Å². The monoisotopic (exact) mass is 197 g/mol. The zero-order valence-electron chi connectivity index (χ0n) is 9.30. The second kappa shape index (κ2) is 4.19. The summed E-state index contributed by atoms with van der Waals surface area (Å²) in [5.74, 6) is 0.836. The lowest BCUT2D eigenvalue weighted by Gasteiger charge is -2.47. The molecule has 1 saturated carbocycles. The van der Waals surface area contributed by atoms with Crippen molar-refractivity contribution in [1.82, 2.24) is 0 Å². The molecule has 2 heteroatoms. The molecule has 0 aromatic heterocycles. The van der Waals surface area contributed by atoms with E-state index in [1.807, 2.05) is 0 Å². The Morgan fingerprint density at radius 1 is 1.29 bits per heavy atom. The predicted molar refractivity (Wildman–Crippen MR) is 58.1 cm³/mol. The molecule has 14 heavy (non-hydrogen) atoms. The molecule has 1 saturated heterocycles. The Labute approximate surface area is 87.2 Å². The van der Waals surface area contributed by atoms with Gasteiger partial charge in [-0.2, -0.15) is 0 Å². The number of hydrogen-bond donors (Lipinski definition) is 1. The van der Waals surface area contributed by atoms with Crippen molar-refractivity contribution in [2.24, 2.45) is 11.7 Å². The molecule has 0 bridgehead atoms. The molecule has 0 spiro atoms. The van der Waals surface area contributed by atoms with E-state index in [-0.39, 0.29) is 5.60 Å². The minimum atomic E-state index is 0.191. The Morgan fingerprint density at radius 2 is 2.07 bits per heavy atom. The first-order chi connectivity index (χ1) is 6.74. The van der Waals surface area contributed by atoms with Crippen LogP contribution in [0.3, 0.4) is 0 Å². The SMILES string of the molecule is CC1(C2CCC2)CCCC(CCN)O1. The van der Waals surface area contributed by atoms with Crippen molar-refractivity contribution in [2.75, 3.05) is 6.54 Å². The molecule has 0 amide bonds. The van der Waals surface area contributed by atoms with Gasteiger partial charge in [-0.1, -0.05) is 6.42 Å². The summed E-state index contributed by atoms with van der Waals surface area (Å²) in [6, 6.07) is 0. The molecule has 82 valence electrons. The Morgan fingerprint density at radius 3 is 2.64 bits per heavy atom. The summed E-state index contributed by atoms with van der Waals surface area (Å²) < 4.78 is 6.24. The van der Waals surface area contributed by atoms with Crippen molar-refractivity contribution in [3.63, 3.8) is 0 Å². The fourth-order valence-electron chi connectivity index (χ4n) is 2.89. The molecular formula is C12H23NO. The van der Waals surface area contributed by atoms with Crippen molar-refractivity contribution in [3.05, 3.63) is 0 Å². The van der Waals surface area contributed by atoms with E-state index in [2.05, 4.69) is 6.92 Å². The van der Waals surface area contributed by atoms with Crippen LogP contribution < -0.4 is 5.73 Å². The van der Waals surface area contributed by atoms with Gasteiger partial charge in [0.25, 0.3) is 0 Å². The Kier molecular flexibility index (Phi) is 3.13. The van der Waals surface area contributed by atoms with E-state index in [9.17, 15) is 0 Å². The fourth-order valence-corrected chi connectivity index (χ4v) is 2.89. The smallest absolute Gasteiger partial charge is 0.0686 e. The summed E-state index contributed by atoms with van der Waals surface area (Å²) in [6.45, 7) is 3.09. The highest BCUT2D eigenvalue weighted by Crippen LogP contribution is 2.44. The highest BCUT2D eigenvalue weighted by Gasteiger charge is 2.42. The van der Waals surface area contributed by atoms with E-state index in [1.165, 1.54) is 38.5 Å². The molecule has 1 heterocycles. The van der Waals surface area contributed by atoms with E-state index in [0.717, 1.165) is 18.9 Å². The Bertz CT molecular complexity index is 189. The molecular weight excluding hydrogens is 174 g/mol. The molecule has 2 fully saturated rings. The molecule has 1 aliphatic carbocycles. The minimum absolute atomic E-state index is 0.191. The highest BCUT2D eigenvalue weighted by molar-refractivity contribution is 4.92. The maximum atomic E-state index is 6.24. The summed E-state index contributed by atoms with van der Waals surface area (Å²) in [6.07, 6.45) is 9.47. The average Bonchev–Trinajstić information content (AvgIpc) is 2.00. The van der Waals surface area contributed by atoms with Gasteiger partial charge < -0.3 is 10.5 Å². The Balaban J connectivity index is 1.91. The lowest BCUT2D eigenvalue weighted by atomic mass is 9.70. The van der Waals surface area contributed by atoms with Crippen molar-refractivity contribution in [1.29, 1.82) is 0 Å². The van der Waals surface area contributed by atoms with E-state index in [4.69, 9.17) is 10.5 Å². The molecule has 2 rings (SSSR count). The van der Waals surface area contributed by atoms with Gasteiger partial charge in [0.2, 0.25) is 0 Å². The third-order valence-electron chi connectivity index (χ3n) is 4.09. The second-order valence-electron chi connectivity index (χ2n) is 5.15. The first kappa shape index (κ1) is 10.4. The third kappa shape index (κ3) is 1.96. The number of rotatable bonds is 3. The molecule has 1 aliphatic heterocycles. The van der Waals surface area contributed by atoms with Gasteiger partial charge >= 0.3 is 0 Å². The molecule has 0 aromatic carbocycles. The maximum Gasteiger partial charge on any atom is 0.0686 e. The van der Waals surface area contributed by atoms with Crippen molar-refractivity contribution >= 4 is 0 Å². The molecule has 2 aliphatic rings. The van der Waals surface area contributed by atoms with E-state index < -0.39 is 0 Å². The van der Waals surface area contributed by atoms with E-state index >= 15 is 0 Å². The summed E-state index contributed by atoms with van der Waals surface area (Å²) in [5.41, 5.74) is 5.78. The molecule has 2 nitrogen and oxygen atoms in total. The topological polar surface area (TPSA) is 35.2 Å². The van der Waals surface area contributed by atoms with E-state index in [0.29, 0.717) is 6.10 Å². The Hall–Kier alpha value is -0.0800. The van der Waals surface area contributed by atoms with Gasteiger partial charge in [0.15, 0.2) is 0 Å². The van der Waals surface area contributed by atoms with Crippen molar-refractivity contribution < 1.29 is 4.74 Å².